The second-order valence-corrected chi connectivity index (χ2v) is 11.2. The molecule has 0 aliphatic heterocycles. The van der Waals surface area contributed by atoms with E-state index in [1.54, 1.807) is 0 Å². The molecular formula is C30H50O6. The standard InChI is InChI=1S/C30H50O6/c1-4-5-6-7-24-10-14-27(15-11-24)28-16-12-25(13-17-28)8-9-26(20-35-29(33)22(2)18-31)21-36-30(34)23(3)19-32/h24-28,31-32H,2-21H2,1H3. The van der Waals surface area contributed by atoms with Crippen molar-refractivity contribution >= 4 is 11.9 Å². The van der Waals surface area contributed by atoms with Gasteiger partial charge in [0, 0.05) is 5.92 Å². The van der Waals surface area contributed by atoms with Crippen LogP contribution in [0.25, 0.3) is 0 Å². The summed E-state index contributed by atoms with van der Waals surface area (Å²) in [6, 6.07) is 0. The highest BCUT2D eigenvalue weighted by Gasteiger charge is 2.31. The molecule has 0 bridgehead atoms. The molecular weight excluding hydrogens is 456 g/mol. The Hall–Kier alpha value is -1.66. The number of aliphatic hydroxyl groups excluding tert-OH is 2. The molecule has 6 heteroatoms. The minimum Gasteiger partial charge on any atom is -0.462 e. The molecule has 0 atom stereocenters. The first kappa shape index (κ1) is 30.6. The van der Waals surface area contributed by atoms with Gasteiger partial charge in [0.25, 0.3) is 0 Å². The molecule has 2 saturated carbocycles. The third-order valence-electron chi connectivity index (χ3n) is 8.51. The van der Waals surface area contributed by atoms with Crippen molar-refractivity contribution in [3.63, 3.8) is 0 Å². The molecule has 0 saturated heterocycles. The molecule has 2 fully saturated rings. The van der Waals surface area contributed by atoms with Crippen molar-refractivity contribution in [1.29, 1.82) is 0 Å². The number of carbonyl (C=O) groups is 2. The molecule has 0 spiro atoms. The number of hydrogen-bond acceptors (Lipinski definition) is 6. The SMILES string of the molecule is C=C(CO)C(=O)OCC(CCC1CCC(C2CCC(CCCCC)CC2)CC1)COC(=O)C(=C)CO. The van der Waals surface area contributed by atoms with Crippen LogP contribution in [-0.4, -0.2) is 48.6 Å². The zero-order valence-corrected chi connectivity index (χ0v) is 22.6. The van der Waals surface area contributed by atoms with Crippen LogP contribution in [0.1, 0.15) is 96.8 Å². The predicted octanol–water partition coefficient (Wildman–Crippen LogP) is 5.76. The Bertz CT molecular complexity index is 654. The van der Waals surface area contributed by atoms with Crippen molar-refractivity contribution in [1.82, 2.24) is 0 Å². The smallest absolute Gasteiger partial charge is 0.335 e. The Morgan fingerprint density at radius 1 is 0.750 bits per heavy atom. The molecule has 36 heavy (non-hydrogen) atoms. The summed E-state index contributed by atoms with van der Waals surface area (Å²) < 4.78 is 10.6. The monoisotopic (exact) mass is 506 g/mol. The van der Waals surface area contributed by atoms with Crippen LogP contribution in [0.4, 0.5) is 0 Å². The van der Waals surface area contributed by atoms with Gasteiger partial charge in [0.2, 0.25) is 0 Å². The van der Waals surface area contributed by atoms with Gasteiger partial charge in [-0.05, 0) is 62.2 Å². The Morgan fingerprint density at radius 2 is 1.19 bits per heavy atom. The van der Waals surface area contributed by atoms with E-state index in [2.05, 4.69) is 20.1 Å². The number of unbranched alkanes of at least 4 members (excludes halogenated alkanes) is 2. The summed E-state index contributed by atoms with van der Waals surface area (Å²) in [5.74, 6) is 2.01. The number of aliphatic hydroxyl groups is 2. The van der Waals surface area contributed by atoms with Gasteiger partial charge in [-0.25, -0.2) is 9.59 Å². The van der Waals surface area contributed by atoms with Crippen LogP contribution in [0, 0.1) is 29.6 Å². The van der Waals surface area contributed by atoms with E-state index >= 15 is 0 Å². The fourth-order valence-corrected chi connectivity index (χ4v) is 5.99. The number of rotatable bonds is 16. The molecule has 0 amide bonds. The van der Waals surface area contributed by atoms with Crippen LogP contribution >= 0.6 is 0 Å². The van der Waals surface area contributed by atoms with E-state index < -0.39 is 25.2 Å². The quantitative estimate of drug-likeness (QED) is 0.157. The van der Waals surface area contributed by atoms with Gasteiger partial charge < -0.3 is 19.7 Å². The van der Waals surface area contributed by atoms with Gasteiger partial charge in [-0.1, -0.05) is 71.4 Å². The summed E-state index contributed by atoms with van der Waals surface area (Å²) in [7, 11) is 0. The molecule has 0 aromatic carbocycles. The number of hydrogen-bond donors (Lipinski definition) is 2. The molecule has 0 unspecified atom stereocenters. The van der Waals surface area contributed by atoms with Crippen LogP contribution < -0.4 is 0 Å². The average molecular weight is 507 g/mol. The molecule has 0 heterocycles. The van der Waals surface area contributed by atoms with Crippen LogP contribution in [0.5, 0.6) is 0 Å². The van der Waals surface area contributed by atoms with E-state index in [-0.39, 0.29) is 30.3 Å². The van der Waals surface area contributed by atoms with Crippen molar-refractivity contribution in [2.75, 3.05) is 26.4 Å². The van der Waals surface area contributed by atoms with E-state index in [1.165, 1.54) is 77.0 Å². The number of carbonyl (C=O) groups excluding carboxylic acids is 2. The summed E-state index contributed by atoms with van der Waals surface area (Å²) >= 11 is 0. The lowest BCUT2D eigenvalue weighted by molar-refractivity contribution is -0.144. The first-order valence-corrected chi connectivity index (χ1v) is 14.3. The summed E-state index contributed by atoms with van der Waals surface area (Å²) in [5, 5.41) is 18.2. The molecule has 0 aromatic heterocycles. The van der Waals surface area contributed by atoms with Gasteiger partial charge in [-0.2, -0.15) is 0 Å². The molecule has 0 radical (unpaired) electrons. The van der Waals surface area contributed by atoms with Gasteiger partial charge in [-0.15, -0.1) is 0 Å². The van der Waals surface area contributed by atoms with E-state index in [0.717, 1.165) is 30.6 Å². The summed E-state index contributed by atoms with van der Waals surface area (Å²) in [6.07, 6.45) is 18.2. The van der Waals surface area contributed by atoms with Gasteiger partial charge >= 0.3 is 11.9 Å². The van der Waals surface area contributed by atoms with E-state index in [9.17, 15) is 9.59 Å². The Morgan fingerprint density at radius 3 is 1.61 bits per heavy atom. The maximum absolute atomic E-state index is 11.9. The molecule has 206 valence electrons. The van der Waals surface area contributed by atoms with Crippen molar-refractivity contribution in [3.8, 4) is 0 Å². The fourth-order valence-electron chi connectivity index (χ4n) is 5.99. The van der Waals surface area contributed by atoms with E-state index in [4.69, 9.17) is 19.7 Å². The third-order valence-corrected chi connectivity index (χ3v) is 8.51. The zero-order chi connectivity index (χ0) is 26.3. The highest BCUT2D eigenvalue weighted by Crippen LogP contribution is 2.43. The minimum absolute atomic E-state index is 0.00715. The largest absolute Gasteiger partial charge is 0.462 e. The predicted molar refractivity (Wildman–Crippen MR) is 142 cm³/mol. The second kappa shape index (κ2) is 17.0. The lowest BCUT2D eigenvalue weighted by Crippen LogP contribution is -2.27. The van der Waals surface area contributed by atoms with Crippen molar-refractivity contribution < 1.29 is 29.3 Å². The van der Waals surface area contributed by atoms with Crippen LogP contribution in [-0.2, 0) is 19.1 Å². The third kappa shape index (κ3) is 10.8. The molecule has 2 aliphatic rings. The lowest BCUT2D eigenvalue weighted by atomic mass is 9.68. The maximum Gasteiger partial charge on any atom is 0.335 e. The fraction of sp³-hybridized carbons (Fsp3) is 0.800. The Balaban J connectivity index is 1.74. The van der Waals surface area contributed by atoms with E-state index in [1.807, 2.05) is 0 Å². The second-order valence-electron chi connectivity index (χ2n) is 11.2. The molecule has 2 N–H and O–H groups in total. The Kier molecular flexibility index (Phi) is 14.4. The van der Waals surface area contributed by atoms with Crippen molar-refractivity contribution in [2.24, 2.45) is 29.6 Å². The zero-order valence-electron chi connectivity index (χ0n) is 22.6. The van der Waals surface area contributed by atoms with Crippen molar-refractivity contribution in [3.05, 3.63) is 24.3 Å². The molecule has 6 nitrogen and oxygen atoms in total. The topological polar surface area (TPSA) is 93.1 Å². The van der Waals surface area contributed by atoms with Gasteiger partial charge in [0.15, 0.2) is 0 Å². The summed E-state index contributed by atoms with van der Waals surface area (Å²) in [5.41, 5.74) is 0.0143. The van der Waals surface area contributed by atoms with Crippen molar-refractivity contribution in [2.45, 2.75) is 96.8 Å². The minimum atomic E-state index is -0.630. The highest BCUT2D eigenvalue weighted by molar-refractivity contribution is 5.88. The maximum atomic E-state index is 11.9. The normalized spacial score (nSPS) is 24.3. The van der Waals surface area contributed by atoms with Gasteiger partial charge in [0.1, 0.15) is 0 Å². The number of esters is 2. The molecule has 2 aliphatic carbocycles. The van der Waals surface area contributed by atoms with Gasteiger partial charge in [-0.3, -0.25) is 0 Å². The average Bonchev–Trinajstić information content (AvgIpc) is 2.92. The summed E-state index contributed by atoms with van der Waals surface area (Å²) in [4.78, 5) is 23.8. The van der Waals surface area contributed by atoms with Crippen LogP contribution in [0.3, 0.4) is 0 Å². The van der Waals surface area contributed by atoms with Crippen LogP contribution in [0.2, 0.25) is 0 Å². The first-order chi connectivity index (χ1) is 17.4. The highest BCUT2D eigenvalue weighted by atomic mass is 16.5. The number of ether oxygens (including phenoxy) is 2. The molecule has 0 aromatic rings. The van der Waals surface area contributed by atoms with E-state index in [0.29, 0.717) is 5.92 Å². The Labute approximate surface area is 218 Å². The molecule has 2 rings (SSSR count). The first-order valence-electron chi connectivity index (χ1n) is 14.3. The van der Waals surface area contributed by atoms with Gasteiger partial charge in [0.05, 0.1) is 37.6 Å². The van der Waals surface area contributed by atoms with Crippen LogP contribution in [0.15, 0.2) is 24.3 Å². The summed E-state index contributed by atoms with van der Waals surface area (Å²) in [6.45, 7) is 8.59. The lowest BCUT2D eigenvalue weighted by Gasteiger charge is -2.38.